The molecule has 0 spiro atoms. The second-order valence-corrected chi connectivity index (χ2v) is 0.408. The predicted molar refractivity (Wildman–Crippen MR) is 15.6 cm³/mol. The van der Waals surface area contributed by atoms with E-state index in [1.807, 2.05) is 6.07 Å². The Morgan fingerprint density at radius 1 is 1.80 bits per heavy atom. The first kappa shape index (κ1) is 8.93. The van der Waals surface area contributed by atoms with Crippen molar-refractivity contribution in [1.82, 2.24) is 0 Å². The Kier molecular flexibility index (Phi) is 15.9. The monoisotopic (exact) mass is 118 g/mol. The van der Waals surface area contributed by atoms with Crippen LogP contribution in [0.1, 0.15) is 6.42 Å². The number of hydrogen-bond donors (Lipinski definition) is 0. The summed E-state index contributed by atoms with van der Waals surface area (Å²) >= 11 is 0. The van der Waals surface area contributed by atoms with E-state index in [0.717, 1.165) is 0 Å². The van der Waals surface area contributed by atoms with Gasteiger partial charge in [0.1, 0.15) is 0 Å². The molecule has 0 heterocycles. The fourth-order valence-corrected chi connectivity index (χ4v) is 0. The minimum atomic E-state index is 0. The summed E-state index contributed by atoms with van der Waals surface area (Å²) in [6, 6.07) is 1.82. The maximum absolute atomic E-state index is 7.56. The van der Waals surface area contributed by atoms with E-state index in [1.165, 1.54) is 0 Å². The SMILES string of the molecule is [CH2-]CC#N.[Zn]. The summed E-state index contributed by atoms with van der Waals surface area (Å²) in [6.07, 6.45) is 0.375. The Labute approximate surface area is 44.7 Å². The molecule has 5 heavy (non-hydrogen) atoms. The van der Waals surface area contributed by atoms with Gasteiger partial charge in [0.25, 0.3) is 0 Å². The summed E-state index contributed by atoms with van der Waals surface area (Å²) in [6.45, 7) is 3.24. The summed E-state index contributed by atoms with van der Waals surface area (Å²) in [7, 11) is 0. The van der Waals surface area contributed by atoms with E-state index in [4.69, 9.17) is 5.26 Å². The molecule has 0 saturated heterocycles. The Morgan fingerprint density at radius 2 is 2.00 bits per heavy atom. The summed E-state index contributed by atoms with van der Waals surface area (Å²) < 4.78 is 0. The molecule has 0 fully saturated rings. The molecule has 0 unspecified atom stereocenters. The van der Waals surface area contributed by atoms with Gasteiger partial charge in [-0.1, -0.05) is 6.42 Å². The zero-order valence-corrected chi connectivity index (χ0v) is 6.04. The van der Waals surface area contributed by atoms with Gasteiger partial charge >= 0.3 is 0 Å². The van der Waals surface area contributed by atoms with Crippen LogP contribution in [0.2, 0.25) is 0 Å². The van der Waals surface area contributed by atoms with E-state index in [2.05, 4.69) is 6.92 Å². The summed E-state index contributed by atoms with van der Waals surface area (Å²) in [5, 5.41) is 7.56. The van der Waals surface area contributed by atoms with Crippen LogP contribution in [0.25, 0.3) is 0 Å². The molecule has 0 atom stereocenters. The minimum Gasteiger partial charge on any atom is -0.330 e. The van der Waals surface area contributed by atoms with Gasteiger partial charge in [0.2, 0.25) is 0 Å². The van der Waals surface area contributed by atoms with Crippen molar-refractivity contribution in [3.8, 4) is 6.07 Å². The van der Waals surface area contributed by atoms with Crippen molar-refractivity contribution in [3.63, 3.8) is 0 Å². The molecule has 0 aliphatic heterocycles. The normalized spacial score (nSPS) is 4.00. The van der Waals surface area contributed by atoms with Crippen LogP contribution in [-0.4, -0.2) is 0 Å². The Morgan fingerprint density at radius 3 is 2.00 bits per heavy atom. The molecule has 0 aromatic heterocycles. The summed E-state index contributed by atoms with van der Waals surface area (Å²) in [5.74, 6) is 0. The van der Waals surface area contributed by atoms with Gasteiger partial charge in [-0.05, 0) is 0 Å². The molecule has 0 saturated carbocycles. The molecule has 2 heteroatoms. The average molecular weight is 119 g/mol. The van der Waals surface area contributed by atoms with Gasteiger partial charge in [0.05, 0.1) is 0 Å². The predicted octanol–water partition coefficient (Wildman–Crippen LogP) is 0.732. The van der Waals surface area contributed by atoms with E-state index in [0.29, 0.717) is 6.42 Å². The third kappa shape index (κ3) is 14.8. The van der Waals surface area contributed by atoms with Crippen molar-refractivity contribution in [2.24, 2.45) is 0 Å². The van der Waals surface area contributed by atoms with E-state index in [9.17, 15) is 0 Å². The first-order chi connectivity index (χ1) is 1.91. The Hall–Kier alpha value is 0.113. The minimum absolute atomic E-state index is 0. The fraction of sp³-hybridized carbons (Fsp3) is 0.333. The summed E-state index contributed by atoms with van der Waals surface area (Å²) in [5.41, 5.74) is 0. The second-order valence-electron chi connectivity index (χ2n) is 0.408. The Balaban J connectivity index is 0. The number of nitrogens with zero attached hydrogens (tertiary/aromatic N) is 1. The van der Waals surface area contributed by atoms with Crippen molar-refractivity contribution in [1.29, 1.82) is 5.26 Å². The molecule has 0 bridgehead atoms. The van der Waals surface area contributed by atoms with Gasteiger partial charge in [-0.3, -0.25) is 0 Å². The first-order valence-electron chi connectivity index (χ1n) is 1.08. The molecule has 0 aromatic carbocycles. The first-order valence-corrected chi connectivity index (χ1v) is 1.08. The topological polar surface area (TPSA) is 23.8 Å². The van der Waals surface area contributed by atoms with Crippen molar-refractivity contribution >= 4 is 0 Å². The van der Waals surface area contributed by atoms with E-state index >= 15 is 0 Å². The third-order valence-electron chi connectivity index (χ3n) is 0.112. The van der Waals surface area contributed by atoms with Crippen LogP contribution in [0.15, 0.2) is 0 Å². The molecule has 0 radical (unpaired) electrons. The molecule has 0 amide bonds. The van der Waals surface area contributed by atoms with Crippen LogP contribution in [0, 0.1) is 18.3 Å². The van der Waals surface area contributed by atoms with Crippen LogP contribution in [0.5, 0.6) is 0 Å². The molecule has 0 rings (SSSR count). The van der Waals surface area contributed by atoms with Gasteiger partial charge in [-0.2, -0.15) is 0 Å². The van der Waals surface area contributed by atoms with E-state index in [-0.39, 0.29) is 19.5 Å². The van der Waals surface area contributed by atoms with Crippen LogP contribution >= 0.6 is 0 Å². The molecule has 0 N–H and O–H groups in total. The molecule has 0 aliphatic carbocycles. The standard InChI is InChI=1S/C3H4N.Zn/c1-2-3-4;/h1-2H2;/q-1;. The van der Waals surface area contributed by atoms with Crippen LogP contribution in [0.3, 0.4) is 0 Å². The molecule has 0 aromatic rings. The van der Waals surface area contributed by atoms with Crippen molar-refractivity contribution in [2.45, 2.75) is 6.42 Å². The molecule has 24 valence electrons. The fourth-order valence-electron chi connectivity index (χ4n) is 0. The molecule has 1 nitrogen and oxygen atoms in total. The van der Waals surface area contributed by atoms with Crippen LogP contribution < -0.4 is 0 Å². The van der Waals surface area contributed by atoms with E-state index < -0.39 is 0 Å². The van der Waals surface area contributed by atoms with Crippen LogP contribution in [0.4, 0.5) is 0 Å². The van der Waals surface area contributed by atoms with Gasteiger partial charge < -0.3 is 6.92 Å². The smallest absolute Gasteiger partial charge is 0.0292 e. The van der Waals surface area contributed by atoms with E-state index in [1.54, 1.807) is 0 Å². The molecular weight excluding hydrogens is 115 g/mol. The average Bonchev–Trinajstić information content (AvgIpc) is 1.37. The van der Waals surface area contributed by atoms with Gasteiger partial charge in [-0.25, -0.2) is 5.26 Å². The number of rotatable bonds is 0. The zero-order valence-electron chi connectivity index (χ0n) is 3.07. The van der Waals surface area contributed by atoms with Crippen molar-refractivity contribution in [3.05, 3.63) is 6.92 Å². The van der Waals surface area contributed by atoms with Gasteiger partial charge in [-0.15, -0.1) is 0 Å². The number of hydrogen-bond acceptors (Lipinski definition) is 1. The number of nitriles is 1. The quantitative estimate of drug-likeness (QED) is 0.341. The maximum atomic E-state index is 7.56. The van der Waals surface area contributed by atoms with Crippen molar-refractivity contribution in [2.75, 3.05) is 0 Å². The summed E-state index contributed by atoms with van der Waals surface area (Å²) in [4.78, 5) is 0. The molecular formula is C3H4NZn-. The van der Waals surface area contributed by atoms with Gasteiger partial charge in [0, 0.05) is 25.5 Å². The largest absolute Gasteiger partial charge is 0.330 e. The van der Waals surface area contributed by atoms with Crippen molar-refractivity contribution < 1.29 is 19.5 Å². The van der Waals surface area contributed by atoms with Crippen LogP contribution in [-0.2, 0) is 19.5 Å². The van der Waals surface area contributed by atoms with Gasteiger partial charge in [0.15, 0.2) is 0 Å². The molecule has 0 aliphatic rings. The second kappa shape index (κ2) is 8.93. The zero-order chi connectivity index (χ0) is 3.41. The Bertz CT molecular complexity index is 36.6. The third-order valence-corrected chi connectivity index (χ3v) is 0.112. The maximum Gasteiger partial charge on any atom is 0.0292 e.